The van der Waals surface area contributed by atoms with E-state index in [4.69, 9.17) is 0 Å². The summed E-state index contributed by atoms with van der Waals surface area (Å²) < 4.78 is 39.1. The van der Waals surface area contributed by atoms with Crippen LogP contribution >= 0.6 is 0 Å². The molecule has 1 amide bonds. The predicted octanol–water partition coefficient (Wildman–Crippen LogP) is 3.09. The summed E-state index contributed by atoms with van der Waals surface area (Å²) in [7, 11) is 0. The summed E-state index contributed by atoms with van der Waals surface area (Å²) in [5.41, 5.74) is -4.97. The van der Waals surface area contributed by atoms with Crippen LogP contribution in [0.3, 0.4) is 0 Å². The van der Waals surface area contributed by atoms with Gasteiger partial charge in [0.25, 0.3) is 11.6 Å². The maximum absolute atomic E-state index is 13.0. The molecule has 0 aromatic heterocycles. The number of amides is 1. The molecular weight excluding hydrogens is 343 g/mol. The average molecular weight is 359 g/mol. The number of nitrogens with zero attached hydrogens (tertiary/aromatic N) is 3. The first-order valence-electron chi connectivity index (χ1n) is 7.23. The third-order valence-corrected chi connectivity index (χ3v) is 4.03. The molecule has 1 aromatic rings. The Labute approximate surface area is 140 Å². The average Bonchev–Trinajstić information content (AvgIpc) is 2.85. The Morgan fingerprint density at radius 1 is 1.28 bits per heavy atom. The van der Waals surface area contributed by atoms with E-state index in [9.17, 15) is 33.2 Å². The maximum Gasteiger partial charge on any atom is 0.431 e. The van der Waals surface area contributed by atoms with Gasteiger partial charge in [-0.2, -0.15) is 23.3 Å². The van der Waals surface area contributed by atoms with Crippen molar-refractivity contribution in [2.75, 3.05) is 0 Å². The molecule has 1 aliphatic heterocycles. The summed E-state index contributed by atoms with van der Waals surface area (Å²) in [5, 5.41) is 25.1. The highest BCUT2D eigenvalue weighted by Crippen LogP contribution is 2.44. The van der Waals surface area contributed by atoms with Crippen LogP contribution in [0.15, 0.2) is 29.4 Å². The van der Waals surface area contributed by atoms with E-state index in [-0.39, 0.29) is 11.3 Å². The van der Waals surface area contributed by atoms with Gasteiger partial charge in [-0.25, -0.2) is 0 Å². The molecule has 0 saturated heterocycles. The lowest BCUT2D eigenvalue weighted by Crippen LogP contribution is -2.55. The number of carbonyl (C=O) groups excluding carboxylic acids is 1. The zero-order chi connectivity index (χ0) is 19.2. The molecule has 1 atom stereocenters. The first kappa shape index (κ1) is 18.8. The molecule has 2 rings (SSSR count). The number of hydrogen-bond acceptors (Lipinski definition) is 5. The van der Waals surface area contributed by atoms with Crippen molar-refractivity contribution < 1.29 is 28.0 Å². The standard InChI is InChI=1S/C15H16F3N3O4/c1-13(2,3)14(23)8-11(15(16,17)18)19-20(14)12(22)9-4-6-10(7-5-9)21(24)25/h4-7,23H,8H2,1-3H3/t14-/m1/s1. The van der Waals surface area contributed by atoms with E-state index in [0.717, 1.165) is 24.3 Å². The van der Waals surface area contributed by atoms with Crippen LogP contribution < -0.4 is 0 Å². The minimum absolute atomic E-state index is 0.125. The molecule has 0 saturated carbocycles. The number of benzene rings is 1. The van der Waals surface area contributed by atoms with Crippen molar-refractivity contribution in [2.45, 2.75) is 39.1 Å². The first-order chi connectivity index (χ1) is 11.3. The second-order valence-corrected chi connectivity index (χ2v) is 6.71. The van der Waals surface area contributed by atoms with Crippen molar-refractivity contribution >= 4 is 17.3 Å². The third kappa shape index (κ3) is 3.34. The Bertz CT molecular complexity index is 738. The van der Waals surface area contributed by atoms with Crippen molar-refractivity contribution in [3.63, 3.8) is 0 Å². The second-order valence-electron chi connectivity index (χ2n) is 6.71. The fourth-order valence-corrected chi connectivity index (χ4v) is 2.35. The summed E-state index contributed by atoms with van der Waals surface area (Å²) in [5.74, 6) is -0.980. The number of rotatable bonds is 2. The van der Waals surface area contributed by atoms with Crippen LogP contribution in [0.1, 0.15) is 37.6 Å². The molecule has 7 nitrogen and oxygen atoms in total. The molecule has 0 unspecified atom stereocenters. The van der Waals surface area contributed by atoms with Gasteiger partial charge in [-0.15, -0.1) is 0 Å². The van der Waals surface area contributed by atoms with Crippen molar-refractivity contribution in [1.29, 1.82) is 0 Å². The SMILES string of the molecule is CC(C)(C)[C@]1(O)CC(C(F)(F)F)=NN1C(=O)c1ccc([N+](=O)[O-])cc1. The van der Waals surface area contributed by atoms with E-state index in [1.54, 1.807) is 0 Å². The van der Waals surface area contributed by atoms with Crippen LogP contribution in [0.4, 0.5) is 18.9 Å². The molecule has 0 aliphatic carbocycles. The Morgan fingerprint density at radius 2 is 1.80 bits per heavy atom. The number of halogens is 3. The van der Waals surface area contributed by atoms with Crippen LogP contribution in [0, 0.1) is 15.5 Å². The lowest BCUT2D eigenvalue weighted by molar-refractivity contribution is -0.384. The number of nitro benzene ring substituents is 1. The van der Waals surface area contributed by atoms with Gasteiger partial charge in [0, 0.05) is 29.5 Å². The fraction of sp³-hybridized carbons (Fsp3) is 0.467. The van der Waals surface area contributed by atoms with Gasteiger partial charge < -0.3 is 5.11 Å². The molecule has 10 heteroatoms. The summed E-state index contributed by atoms with van der Waals surface area (Å²) in [6, 6.07) is 4.30. The van der Waals surface area contributed by atoms with Crippen LogP contribution in [-0.4, -0.2) is 38.6 Å². The molecule has 1 aliphatic rings. The van der Waals surface area contributed by atoms with E-state index in [2.05, 4.69) is 5.10 Å². The highest BCUT2D eigenvalue weighted by atomic mass is 19.4. The van der Waals surface area contributed by atoms with E-state index in [1.807, 2.05) is 0 Å². The molecule has 0 bridgehead atoms. The summed E-state index contributed by atoms with van der Waals surface area (Å²) >= 11 is 0. The van der Waals surface area contributed by atoms with E-state index >= 15 is 0 Å². The quantitative estimate of drug-likeness (QED) is 0.648. The van der Waals surface area contributed by atoms with Gasteiger partial charge in [0.05, 0.1) is 4.92 Å². The smallest absolute Gasteiger partial charge is 0.368 e. The minimum Gasteiger partial charge on any atom is -0.368 e. The van der Waals surface area contributed by atoms with Gasteiger partial charge in [0.15, 0.2) is 5.72 Å². The molecule has 25 heavy (non-hydrogen) atoms. The van der Waals surface area contributed by atoms with Crippen LogP contribution in [0.5, 0.6) is 0 Å². The van der Waals surface area contributed by atoms with Gasteiger partial charge in [-0.1, -0.05) is 20.8 Å². The molecule has 1 aromatic carbocycles. The van der Waals surface area contributed by atoms with Crippen LogP contribution in [0.2, 0.25) is 0 Å². The van der Waals surface area contributed by atoms with Gasteiger partial charge >= 0.3 is 6.18 Å². The Hall–Kier alpha value is -2.49. The lowest BCUT2D eigenvalue weighted by atomic mass is 9.80. The van der Waals surface area contributed by atoms with Gasteiger partial charge in [0.2, 0.25) is 0 Å². The summed E-state index contributed by atoms with van der Waals surface area (Å²) in [6.45, 7) is 4.45. The summed E-state index contributed by atoms with van der Waals surface area (Å²) in [6.07, 6.45) is -5.65. The Morgan fingerprint density at radius 3 is 2.20 bits per heavy atom. The number of hydrazone groups is 1. The molecule has 0 spiro atoms. The van der Waals surface area contributed by atoms with E-state index < -0.39 is 40.3 Å². The molecule has 1 heterocycles. The molecule has 0 radical (unpaired) electrons. The summed E-state index contributed by atoms with van der Waals surface area (Å²) in [4.78, 5) is 22.6. The largest absolute Gasteiger partial charge is 0.431 e. The highest BCUT2D eigenvalue weighted by Gasteiger charge is 2.57. The van der Waals surface area contributed by atoms with Gasteiger partial charge in [-0.05, 0) is 12.1 Å². The number of carbonyl (C=O) groups is 1. The van der Waals surface area contributed by atoms with Gasteiger partial charge in [0.1, 0.15) is 5.71 Å². The maximum atomic E-state index is 13.0. The van der Waals surface area contributed by atoms with Gasteiger partial charge in [-0.3, -0.25) is 14.9 Å². The Balaban J connectivity index is 2.46. The molecular formula is C15H16F3N3O4. The molecule has 1 N–H and O–H groups in total. The zero-order valence-corrected chi connectivity index (χ0v) is 13.7. The number of non-ortho nitro benzene ring substituents is 1. The highest BCUT2D eigenvalue weighted by molar-refractivity contribution is 5.99. The normalized spacial score (nSPS) is 21.2. The van der Waals surface area contributed by atoms with Crippen molar-refractivity contribution in [1.82, 2.24) is 5.01 Å². The zero-order valence-electron chi connectivity index (χ0n) is 13.7. The van der Waals surface area contributed by atoms with Crippen molar-refractivity contribution in [3.8, 4) is 0 Å². The van der Waals surface area contributed by atoms with Crippen LogP contribution in [0.25, 0.3) is 0 Å². The molecule has 136 valence electrons. The number of nitro groups is 1. The molecule has 0 fully saturated rings. The predicted molar refractivity (Wildman–Crippen MR) is 81.8 cm³/mol. The first-order valence-corrected chi connectivity index (χ1v) is 7.23. The van der Waals surface area contributed by atoms with E-state index in [0.29, 0.717) is 5.01 Å². The van der Waals surface area contributed by atoms with Crippen molar-refractivity contribution in [2.24, 2.45) is 10.5 Å². The second kappa shape index (κ2) is 5.80. The number of alkyl halides is 3. The monoisotopic (exact) mass is 359 g/mol. The fourth-order valence-electron chi connectivity index (χ4n) is 2.35. The number of aliphatic hydroxyl groups is 1. The van der Waals surface area contributed by atoms with Crippen LogP contribution in [-0.2, 0) is 0 Å². The topological polar surface area (TPSA) is 96.0 Å². The number of hydrogen-bond donors (Lipinski definition) is 1. The minimum atomic E-state index is -4.79. The van der Waals surface area contributed by atoms with E-state index in [1.165, 1.54) is 20.8 Å². The lowest BCUT2D eigenvalue weighted by Gasteiger charge is -2.41. The third-order valence-electron chi connectivity index (χ3n) is 4.03. The van der Waals surface area contributed by atoms with Crippen molar-refractivity contribution in [3.05, 3.63) is 39.9 Å². The Kier molecular flexibility index (Phi) is 4.37.